The molecule has 10 heteroatoms. The van der Waals surface area contributed by atoms with E-state index in [0.29, 0.717) is 6.42 Å². The van der Waals surface area contributed by atoms with Gasteiger partial charge in [0.05, 0.1) is 13.2 Å². The second kappa shape index (κ2) is 47.2. The third kappa shape index (κ3) is 46.3. The average Bonchev–Trinajstić information content (AvgIpc) is 3.24. The lowest BCUT2D eigenvalue weighted by molar-refractivity contribution is -0.161. The van der Waals surface area contributed by atoms with Gasteiger partial charge in [-0.2, -0.15) is 0 Å². The maximum atomic E-state index is 12.6. The van der Waals surface area contributed by atoms with E-state index < -0.39 is 26.5 Å². The molecule has 0 heterocycles. The van der Waals surface area contributed by atoms with Gasteiger partial charge in [-0.1, -0.05) is 231 Å². The molecule has 0 saturated carbocycles. The van der Waals surface area contributed by atoms with Gasteiger partial charge >= 0.3 is 19.8 Å². The summed E-state index contributed by atoms with van der Waals surface area (Å²) < 4.78 is 32.8. The zero-order chi connectivity index (χ0) is 43.9. The van der Waals surface area contributed by atoms with Gasteiger partial charge in [-0.25, -0.2) is 4.57 Å². The van der Waals surface area contributed by atoms with E-state index in [1.54, 1.807) is 0 Å². The van der Waals surface area contributed by atoms with E-state index in [0.717, 1.165) is 57.8 Å². The van der Waals surface area contributed by atoms with E-state index in [4.69, 9.17) is 24.3 Å². The number of phosphoric acid groups is 1. The van der Waals surface area contributed by atoms with Crippen LogP contribution in [0.1, 0.15) is 264 Å². The fourth-order valence-corrected chi connectivity index (χ4v) is 8.33. The van der Waals surface area contributed by atoms with Crippen molar-refractivity contribution < 1.29 is 37.6 Å². The molecule has 0 amide bonds. The minimum absolute atomic E-state index is 0.0548. The molecule has 60 heavy (non-hydrogen) atoms. The van der Waals surface area contributed by atoms with Crippen LogP contribution in [0.2, 0.25) is 0 Å². The standard InChI is InChI=1S/C50H98NO8P/c1-3-5-7-9-11-13-15-16-17-18-19-20-21-22-23-24-25-26-27-28-29-30-31-33-34-36-38-40-42-49(52)56-46-48(47-58-60(54,55)57-45-44-51)59-50(53)43-41-39-37-35-32-14-12-10-8-6-4-2/h10,12,48H,3-9,11,13-47,51H2,1-2H3,(H,54,55)/b12-10-. The molecule has 0 aliphatic rings. The van der Waals surface area contributed by atoms with Crippen molar-refractivity contribution in [3.8, 4) is 0 Å². The van der Waals surface area contributed by atoms with Crippen LogP contribution in [0.3, 0.4) is 0 Å². The number of esters is 2. The number of rotatable bonds is 49. The second-order valence-electron chi connectivity index (χ2n) is 17.4. The Morgan fingerprint density at radius 1 is 0.483 bits per heavy atom. The first-order valence-electron chi connectivity index (χ1n) is 25.7. The zero-order valence-electron chi connectivity index (χ0n) is 39.5. The van der Waals surface area contributed by atoms with Crippen LogP contribution >= 0.6 is 7.82 Å². The Morgan fingerprint density at radius 2 is 0.833 bits per heavy atom. The van der Waals surface area contributed by atoms with Crippen molar-refractivity contribution in [2.24, 2.45) is 5.73 Å². The number of hydrogen-bond acceptors (Lipinski definition) is 8. The molecular formula is C50H98NO8P. The highest BCUT2D eigenvalue weighted by molar-refractivity contribution is 7.47. The third-order valence-electron chi connectivity index (χ3n) is 11.4. The molecule has 0 saturated heterocycles. The lowest BCUT2D eigenvalue weighted by atomic mass is 10.0. The van der Waals surface area contributed by atoms with Crippen LogP contribution in [0.5, 0.6) is 0 Å². The number of carbonyl (C=O) groups is 2. The number of hydrogen-bond donors (Lipinski definition) is 2. The number of nitrogens with two attached hydrogens (primary N) is 1. The number of ether oxygens (including phenoxy) is 2. The van der Waals surface area contributed by atoms with Crippen LogP contribution in [0.15, 0.2) is 12.2 Å². The highest BCUT2D eigenvalue weighted by Gasteiger charge is 2.26. The van der Waals surface area contributed by atoms with E-state index in [2.05, 4.69) is 26.0 Å². The summed E-state index contributed by atoms with van der Waals surface area (Å²) in [6.07, 6.45) is 51.4. The Morgan fingerprint density at radius 3 is 1.23 bits per heavy atom. The molecule has 0 radical (unpaired) electrons. The largest absolute Gasteiger partial charge is 0.472 e. The van der Waals surface area contributed by atoms with Crippen molar-refractivity contribution in [1.29, 1.82) is 0 Å². The van der Waals surface area contributed by atoms with Crippen LogP contribution in [-0.4, -0.2) is 49.3 Å². The summed E-state index contributed by atoms with van der Waals surface area (Å²) in [5.74, 6) is -0.826. The summed E-state index contributed by atoms with van der Waals surface area (Å²) in [5.41, 5.74) is 5.35. The summed E-state index contributed by atoms with van der Waals surface area (Å²) in [4.78, 5) is 34.9. The molecule has 0 aromatic rings. The molecule has 0 aromatic heterocycles. The van der Waals surface area contributed by atoms with Gasteiger partial charge in [0, 0.05) is 19.4 Å². The van der Waals surface area contributed by atoms with Gasteiger partial charge in [0.25, 0.3) is 0 Å². The smallest absolute Gasteiger partial charge is 0.462 e. The first kappa shape index (κ1) is 58.8. The van der Waals surface area contributed by atoms with Gasteiger partial charge < -0.3 is 20.1 Å². The molecule has 0 spiro atoms. The van der Waals surface area contributed by atoms with Crippen LogP contribution in [0.4, 0.5) is 0 Å². The van der Waals surface area contributed by atoms with E-state index in [1.165, 1.54) is 173 Å². The predicted octanol–water partition coefficient (Wildman–Crippen LogP) is 15.3. The van der Waals surface area contributed by atoms with Crippen LogP contribution in [0, 0.1) is 0 Å². The Kier molecular flexibility index (Phi) is 46.3. The Hall–Kier alpha value is -1.25. The predicted molar refractivity (Wildman–Crippen MR) is 252 cm³/mol. The first-order chi connectivity index (χ1) is 29.3. The summed E-state index contributed by atoms with van der Waals surface area (Å²) in [5, 5.41) is 0. The highest BCUT2D eigenvalue weighted by Crippen LogP contribution is 2.43. The summed E-state index contributed by atoms with van der Waals surface area (Å²) in [6.45, 7) is 3.73. The molecule has 2 unspecified atom stereocenters. The fourth-order valence-electron chi connectivity index (χ4n) is 7.56. The molecule has 3 N–H and O–H groups in total. The topological polar surface area (TPSA) is 134 Å². The number of allylic oxidation sites excluding steroid dienone is 2. The molecule has 0 aromatic carbocycles. The highest BCUT2D eigenvalue weighted by atomic mass is 31.2. The summed E-state index contributed by atoms with van der Waals surface area (Å²) in [6, 6.07) is 0. The Labute approximate surface area is 370 Å². The normalized spacial score (nSPS) is 13.2. The van der Waals surface area contributed by atoms with Gasteiger partial charge in [0.1, 0.15) is 6.61 Å². The van der Waals surface area contributed by atoms with Gasteiger partial charge in [0.2, 0.25) is 0 Å². The van der Waals surface area contributed by atoms with Crippen LogP contribution in [0.25, 0.3) is 0 Å². The van der Waals surface area contributed by atoms with Gasteiger partial charge in [-0.15, -0.1) is 0 Å². The molecular weight excluding hydrogens is 774 g/mol. The maximum absolute atomic E-state index is 12.6. The van der Waals surface area contributed by atoms with E-state index >= 15 is 0 Å². The van der Waals surface area contributed by atoms with Gasteiger partial charge in [-0.3, -0.25) is 18.6 Å². The second-order valence-corrected chi connectivity index (χ2v) is 18.9. The van der Waals surface area contributed by atoms with Crippen molar-refractivity contribution in [1.82, 2.24) is 0 Å². The van der Waals surface area contributed by atoms with Crippen molar-refractivity contribution in [2.75, 3.05) is 26.4 Å². The molecule has 0 rings (SSSR count). The first-order valence-corrected chi connectivity index (χ1v) is 27.2. The van der Waals surface area contributed by atoms with Gasteiger partial charge in [0.15, 0.2) is 6.10 Å². The maximum Gasteiger partial charge on any atom is 0.472 e. The molecule has 356 valence electrons. The minimum Gasteiger partial charge on any atom is -0.462 e. The van der Waals surface area contributed by atoms with E-state index in [9.17, 15) is 19.0 Å². The van der Waals surface area contributed by atoms with Crippen LogP contribution in [-0.2, 0) is 32.7 Å². The summed E-state index contributed by atoms with van der Waals surface area (Å²) in [7, 11) is -4.37. The monoisotopic (exact) mass is 872 g/mol. The average molecular weight is 872 g/mol. The van der Waals surface area contributed by atoms with Crippen LogP contribution < -0.4 is 5.73 Å². The molecule has 0 bridgehead atoms. The third-order valence-corrected chi connectivity index (χ3v) is 12.4. The SMILES string of the molecule is CCCC/C=C\CCCCCCCC(=O)OC(COC(=O)CCCCCCCCCCCCCCCCCCCCCCCCCCCCCC)COP(=O)(O)OCCN. The molecule has 0 aliphatic carbocycles. The molecule has 0 aliphatic heterocycles. The Balaban J connectivity index is 3.84. The lowest BCUT2D eigenvalue weighted by Crippen LogP contribution is -2.29. The zero-order valence-corrected chi connectivity index (χ0v) is 40.4. The quantitative estimate of drug-likeness (QED) is 0.0265. The molecule has 2 atom stereocenters. The van der Waals surface area contributed by atoms with Crippen molar-refractivity contribution in [3.63, 3.8) is 0 Å². The number of carbonyl (C=O) groups excluding carboxylic acids is 2. The van der Waals surface area contributed by atoms with Crippen molar-refractivity contribution >= 4 is 19.8 Å². The Bertz CT molecular complexity index is 995. The van der Waals surface area contributed by atoms with E-state index in [-0.39, 0.29) is 38.6 Å². The minimum atomic E-state index is -4.37. The van der Waals surface area contributed by atoms with Gasteiger partial charge in [-0.05, 0) is 32.1 Å². The van der Waals surface area contributed by atoms with Crippen molar-refractivity contribution in [2.45, 2.75) is 270 Å². The summed E-state index contributed by atoms with van der Waals surface area (Å²) >= 11 is 0. The molecule has 9 nitrogen and oxygen atoms in total. The molecule has 0 fully saturated rings. The number of phosphoric ester groups is 1. The van der Waals surface area contributed by atoms with E-state index in [1.807, 2.05) is 0 Å². The number of unbranched alkanes of at least 4 members (excludes halogenated alkanes) is 34. The van der Waals surface area contributed by atoms with Crippen molar-refractivity contribution in [3.05, 3.63) is 12.2 Å². The fraction of sp³-hybridized carbons (Fsp3) is 0.920. The lowest BCUT2D eigenvalue weighted by Gasteiger charge is -2.19.